The second-order valence-corrected chi connectivity index (χ2v) is 5.95. The first kappa shape index (κ1) is 14.1. The summed E-state index contributed by atoms with van der Waals surface area (Å²) in [7, 11) is 0. The maximum Gasteiger partial charge on any atom is 0.154 e. The van der Waals surface area contributed by atoms with Gasteiger partial charge in [0.15, 0.2) is 5.65 Å². The van der Waals surface area contributed by atoms with Crippen LogP contribution in [0.1, 0.15) is 19.8 Å². The molecule has 0 radical (unpaired) electrons. The maximum atomic E-state index is 4.68. The van der Waals surface area contributed by atoms with Crippen LogP contribution in [0.25, 0.3) is 17.0 Å². The minimum Gasteiger partial charge on any atom is -0.365 e. The fourth-order valence-electron chi connectivity index (χ4n) is 2.89. The minimum absolute atomic E-state index is 0.385. The van der Waals surface area contributed by atoms with Gasteiger partial charge in [0.05, 0.1) is 18.6 Å². The van der Waals surface area contributed by atoms with Gasteiger partial charge in [-0.15, -0.1) is 0 Å². The minimum atomic E-state index is 0.385. The third kappa shape index (κ3) is 2.87. The van der Waals surface area contributed by atoms with Crippen molar-refractivity contribution in [3.63, 3.8) is 0 Å². The Hall–Kier alpha value is -2.54. The van der Waals surface area contributed by atoms with E-state index < -0.39 is 0 Å². The third-order valence-electron chi connectivity index (χ3n) is 4.19. The molecule has 7 nitrogen and oxygen atoms in total. The number of anilines is 1. The van der Waals surface area contributed by atoms with E-state index in [0.717, 1.165) is 35.8 Å². The van der Waals surface area contributed by atoms with E-state index in [1.807, 2.05) is 12.1 Å². The molecule has 0 amide bonds. The lowest BCUT2D eigenvalue weighted by atomic mass is 10.0. The van der Waals surface area contributed by atoms with Gasteiger partial charge in [0.1, 0.15) is 17.2 Å². The molecule has 4 heterocycles. The molecule has 2 unspecified atom stereocenters. The van der Waals surface area contributed by atoms with Crippen molar-refractivity contribution in [1.29, 1.82) is 0 Å². The van der Waals surface area contributed by atoms with Crippen LogP contribution in [0, 0.1) is 0 Å². The highest BCUT2D eigenvalue weighted by molar-refractivity contribution is 5.59. The fraction of sp³-hybridized carbons (Fsp3) is 0.375. The number of fused-ring (bicyclic) bond motifs is 1. The number of hydrogen-bond acceptors (Lipinski definition) is 6. The van der Waals surface area contributed by atoms with Crippen molar-refractivity contribution in [2.45, 2.75) is 31.8 Å². The smallest absolute Gasteiger partial charge is 0.154 e. The van der Waals surface area contributed by atoms with E-state index in [1.165, 1.54) is 6.42 Å². The van der Waals surface area contributed by atoms with Crippen LogP contribution >= 0.6 is 0 Å². The van der Waals surface area contributed by atoms with Gasteiger partial charge in [-0.1, -0.05) is 0 Å². The number of imidazole rings is 1. The average molecular weight is 309 g/mol. The third-order valence-corrected chi connectivity index (χ3v) is 4.19. The molecule has 0 aliphatic carbocycles. The molecule has 2 atom stereocenters. The van der Waals surface area contributed by atoms with Crippen LogP contribution in [-0.4, -0.2) is 43.2 Å². The second-order valence-electron chi connectivity index (χ2n) is 5.95. The maximum absolute atomic E-state index is 4.68. The second kappa shape index (κ2) is 5.92. The molecule has 1 aliphatic rings. The lowest BCUT2D eigenvalue weighted by Gasteiger charge is -2.28. The number of hydrogen-bond donors (Lipinski definition) is 2. The largest absolute Gasteiger partial charge is 0.365 e. The molecule has 0 spiro atoms. The van der Waals surface area contributed by atoms with Gasteiger partial charge in [0, 0.05) is 24.8 Å². The summed E-state index contributed by atoms with van der Waals surface area (Å²) in [4.78, 5) is 13.3. The lowest BCUT2D eigenvalue weighted by molar-refractivity contribution is 0.398. The van der Waals surface area contributed by atoms with Crippen LogP contribution in [-0.2, 0) is 0 Å². The van der Waals surface area contributed by atoms with Crippen LogP contribution in [0.3, 0.4) is 0 Å². The predicted octanol–water partition coefficient (Wildman–Crippen LogP) is 1.74. The summed E-state index contributed by atoms with van der Waals surface area (Å²) in [6.45, 7) is 3.17. The van der Waals surface area contributed by atoms with Crippen molar-refractivity contribution >= 4 is 11.5 Å². The van der Waals surface area contributed by atoms with Gasteiger partial charge in [-0.25, -0.2) is 14.5 Å². The summed E-state index contributed by atoms with van der Waals surface area (Å²) in [6.07, 6.45) is 9.32. The van der Waals surface area contributed by atoms with E-state index in [-0.39, 0.29) is 0 Å². The predicted molar refractivity (Wildman–Crippen MR) is 88.1 cm³/mol. The molecule has 0 saturated carbocycles. The van der Waals surface area contributed by atoms with Gasteiger partial charge in [0.2, 0.25) is 0 Å². The quantitative estimate of drug-likeness (QED) is 0.767. The van der Waals surface area contributed by atoms with E-state index >= 15 is 0 Å². The molecule has 1 aliphatic heterocycles. The molecule has 0 aromatic carbocycles. The van der Waals surface area contributed by atoms with Gasteiger partial charge in [0.25, 0.3) is 0 Å². The molecule has 1 fully saturated rings. The van der Waals surface area contributed by atoms with Crippen molar-refractivity contribution in [2.75, 3.05) is 11.9 Å². The summed E-state index contributed by atoms with van der Waals surface area (Å²) in [5, 5.41) is 11.3. The van der Waals surface area contributed by atoms with Crippen molar-refractivity contribution in [1.82, 2.24) is 29.9 Å². The Morgan fingerprint density at radius 2 is 2.22 bits per heavy atom. The fourth-order valence-corrected chi connectivity index (χ4v) is 2.89. The summed E-state index contributed by atoms with van der Waals surface area (Å²) in [5.41, 5.74) is 2.40. The van der Waals surface area contributed by atoms with Crippen LogP contribution < -0.4 is 10.6 Å². The highest BCUT2D eigenvalue weighted by Crippen LogP contribution is 2.19. The molecule has 7 heteroatoms. The lowest BCUT2D eigenvalue weighted by Crippen LogP contribution is -2.43. The first-order valence-corrected chi connectivity index (χ1v) is 7.91. The number of nitrogens with one attached hydrogen (secondary N) is 2. The first-order chi connectivity index (χ1) is 11.3. The zero-order chi connectivity index (χ0) is 15.6. The molecule has 0 bridgehead atoms. The van der Waals surface area contributed by atoms with Gasteiger partial charge in [-0.05, 0) is 31.9 Å². The normalized spacial score (nSPS) is 21.4. The van der Waals surface area contributed by atoms with Crippen LogP contribution in [0.4, 0.5) is 5.82 Å². The Labute approximate surface area is 134 Å². The Balaban J connectivity index is 1.59. The summed E-state index contributed by atoms with van der Waals surface area (Å²) in [6, 6.07) is 4.76. The van der Waals surface area contributed by atoms with E-state index in [1.54, 1.807) is 29.3 Å². The Morgan fingerprint density at radius 3 is 3.09 bits per heavy atom. The van der Waals surface area contributed by atoms with Crippen molar-refractivity contribution in [2.24, 2.45) is 0 Å². The Morgan fingerprint density at radius 1 is 1.26 bits per heavy atom. The van der Waals surface area contributed by atoms with E-state index in [0.29, 0.717) is 12.1 Å². The number of piperidine rings is 1. The van der Waals surface area contributed by atoms with Crippen LogP contribution in [0.2, 0.25) is 0 Å². The highest BCUT2D eigenvalue weighted by atomic mass is 15.3. The number of rotatable bonds is 3. The van der Waals surface area contributed by atoms with Crippen molar-refractivity contribution in [3.05, 3.63) is 36.9 Å². The molecule has 1 saturated heterocycles. The average Bonchev–Trinajstić information content (AvgIpc) is 3.01. The standard InChI is InChI=1S/C16H19N7/c1-11-4-5-12(7-18-11)21-15-10-17-8-13(22-15)14-9-19-16-3-2-6-20-23(14)16/h2-3,6,8-12,18H,4-5,7H2,1H3,(H,21,22). The van der Waals surface area contributed by atoms with Crippen LogP contribution in [0.15, 0.2) is 36.9 Å². The summed E-state index contributed by atoms with van der Waals surface area (Å²) >= 11 is 0. The number of nitrogens with zero attached hydrogens (tertiary/aromatic N) is 5. The van der Waals surface area contributed by atoms with Gasteiger partial charge < -0.3 is 10.6 Å². The number of aromatic nitrogens is 5. The monoisotopic (exact) mass is 309 g/mol. The van der Waals surface area contributed by atoms with Gasteiger partial charge >= 0.3 is 0 Å². The van der Waals surface area contributed by atoms with Crippen molar-refractivity contribution in [3.8, 4) is 11.4 Å². The summed E-state index contributed by atoms with van der Waals surface area (Å²) < 4.78 is 1.78. The first-order valence-electron chi connectivity index (χ1n) is 7.91. The zero-order valence-corrected chi connectivity index (χ0v) is 13.0. The van der Waals surface area contributed by atoms with Gasteiger partial charge in [-0.2, -0.15) is 5.10 Å². The van der Waals surface area contributed by atoms with E-state index in [9.17, 15) is 0 Å². The molecule has 3 aromatic rings. The SMILES string of the molecule is CC1CCC(Nc2cncc(-c3cnc4cccnn34)n2)CN1. The summed E-state index contributed by atoms with van der Waals surface area (Å²) in [5.74, 6) is 0.787. The van der Waals surface area contributed by atoms with E-state index in [4.69, 9.17) is 0 Å². The Bertz CT molecular complexity index is 805. The van der Waals surface area contributed by atoms with Gasteiger partial charge in [-0.3, -0.25) is 4.98 Å². The molecular weight excluding hydrogens is 290 g/mol. The zero-order valence-electron chi connectivity index (χ0n) is 13.0. The molecule has 118 valence electrons. The molecule has 2 N–H and O–H groups in total. The van der Waals surface area contributed by atoms with Crippen molar-refractivity contribution < 1.29 is 0 Å². The van der Waals surface area contributed by atoms with Crippen LogP contribution in [0.5, 0.6) is 0 Å². The molecule has 4 rings (SSSR count). The molecular formula is C16H19N7. The molecule has 3 aromatic heterocycles. The topological polar surface area (TPSA) is 80.0 Å². The Kier molecular flexibility index (Phi) is 3.63. The highest BCUT2D eigenvalue weighted by Gasteiger charge is 2.18. The molecule has 23 heavy (non-hydrogen) atoms. The van der Waals surface area contributed by atoms with E-state index in [2.05, 4.69) is 37.6 Å².